The fourth-order valence-corrected chi connectivity index (χ4v) is 2.63. The summed E-state index contributed by atoms with van der Waals surface area (Å²) in [6, 6.07) is 23.2. The quantitative estimate of drug-likeness (QED) is 0.559. The van der Waals surface area contributed by atoms with Gasteiger partial charge in [0.05, 0.1) is 11.3 Å². The zero-order valence-corrected chi connectivity index (χ0v) is 15.9. The maximum Gasteiger partial charge on any atom is 0.341 e. The number of esters is 1. The molecule has 0 saturated heterocycles. The molecular weight excluding hydrogens is 376 g/mol. The molecule has 0 fully saturated rings. The molecule has 0 aliphatic heterocycles. The van der Waals surface area contributed by atoms with Gasteiger partial charge in [-0.3, -0.25) is 4.79 Å². The highest BCUT2D eigenvalue weighted by Gasteiger charge is 2.21. The number of hydrogen-bond donors (Lipinski definition) is 2. The van der Waals surface area contributed by atoms with Crippen LogP contribution in [-0.4, -0.2) is 18.0 Å². The van der Waals surface area contributed by atoms with Crippen molar-refractivity contribution in [1.29, 1.82) is 0 Å². The van der Waals surface area contributed by atoms with Crippen molar-refractivity contribution in [2.45, 2.75) is 13.0 Å². The summed E-state index contributed by atoms with van der Waals surface area (Å²) in [6.45, 7) is 1.52. The first-order valence-electron chi connectivity index (χ1n) is 8.71. The molecule has 0 unspecified atom stereocenters. The summed E-state index contributed by atoms with van der Waals surface area (Å²) in [5, 5.41) is 6.45. The minimum absolute atomic E-state index is 0.345. The lowest BCUT2D eigenvalue weighted by molar-refractivity contribution is -0.123. The van der Waals surface area contributed by atoms with E-state index in [1.165, 1.54) is 6.92 Å². The van der Waals surface area contributed by atoms with Gasteiger partial charge in [-0.25, -0.2) is 4.79 Å². The molecule has 28 heavy (non-hydrogen) atoms. The van der Waals surface area contributed by atoms with Gasteiger partial charge in [0.15, 0.2) is 6.10 Å². The van der Waals surface area contributed by atoms with E-state index in [1.807, 2.05) is 36.4 Å². The molecule has 1 atom stereocenters. The standard InChI is InChI=1S/C22H19ClN2O3/c1-15(21(26)25-18-13-11-16(23)12-14-18)28-22(27)19-9-5-6-10-20(19)24-17-7-3-2-4-8-17/h2-15,24H,1H3,(H,25,26)/t15-/m0/s1. The predicted molar refractivity (Wildman–Crippen MR) is 111 cm³/mol. The highest BCUT2D eigenvalue weighted by Crippen LogP contribution is 2.22. The molecule has 0 aliphatic carbocycles. The Balaban J connectivity index is 1.67. The zero-order valence-electron chi connectivity index (χ0n) is 15.2. The number of anilines is 3. The van der Waals surface area contributed by atoms with E-state index in [-0.39, 0.29) is 0 Å². The van der Waals surface area contributed by atoms with Crippen molar-refractivity contribution >= 4 is 40.5 Å². The third-order valence-corrected chi connectivity index (χ3v) is 4.22. The number of amides is 1. The van der Waals surface area contributed by atoms with Crippen LogP contribution < -0.4 is 10.6 Å². The zero-order chi connectivity index (χ0) is 19.9. The molecule has 3 rings (SSSR count). The lowest BCUT2D eigenvalue weighted by atomic mass is 10.1. The van der Waals surface area contributed by atoms with E-state index in [0.717, 1.165) is 5.69 Å². The number of rotatable bonds is 6. The molecule has 0 aromatic heterocycles. The largest absolute Gasteiger partial charge is 0.449 e. The summed E-state index contributed by atoms with van der Waals surface area (Å²) in [7, 11) is 0. The molecule has 142 valence electrons. The number of halogens is 1. The number of benzene rings is 3. The Morgan fingerprint density at radius 3 is 2.21 bits per heavy atom. The van der Waals surface area contributed by atoms with E-state index in [4.69, 9.17) is 16.3 Å². The average Bonchev–Trinajstić information content (AvgIpc) is 2.70. The molecule has 3 aromatic rings. The molecule has 0 saturated carbocycles. The van der Waals surface area contributed by atoms with Gasteiger partial charge < -0.3 is 15.4 Å². The molecule has 0 radical (unpaired) electrons. The van der Waals surface area contributed by atoms with E-state index in [0.29, 0.717) is 22.0 Å². The Hall–Kier alpha value is -3.31. The molecular formula is C22H19ClN2O3. The molecule has 5 nitrogen and oxygen atoms in total. The second-order valence-corrected chi connectivity index (χ2v) is 6.52. The van der Waals surface area contributed by atoms with E-state index in [9.17, 15) is 9.59 Å². The number of nitrogens with one attached hydrogen (secondary N) is 2. The number of hydrogen-bond acceptors (Lipinski definition) is 4. The minimum atomic E-state index is -0.965. The molecule has 1 amide bonds. The Bertz CT molecular complexity index is 959. The Kier molecular flexibility index (Phi) is 6.29. The van der Waals surface area contributed by atoms with E-state index in [2.05, 4.69) is 10.6 Å². The lowest BCUT2D eigenvalue weighted by Gasteiger charge is -2.16. The second-order valence-electron chi connectivity index (χ2n) is 6.08. The third kappa shape index (κ3) is 5.11. The summed E-state index contributed by atoms with van der Waals surface area (Å²) in [4.78, 5) is 24.9. The second kappa shape index (κ2) is 9.06. The molecule has 0 aliphatic rings. The van der Waals surface area contributed by atoms with Crippen molar-refractivity contribution in [3.63, 3.8) is 0 Å². The van der Waals surface area contributed by atoms with Crippen LogP contribution in [0.1, 0.15) is 17.3 Å². The molecule has 0 heterocycles. The first-order valence-corrected chi connectivity index (χ1v) is 9.09. The monoisotopic (exact) mass is 394 g/mol. The summed E-state index contributed by atoms with van der Waals surface area (Å²) in [5.74, 6) is -1.01. The van der Waals surface area contributed by atoms with Crippen molar-refractivity contribution in [1.82, 2.24) is 0 Å². The molecule has 2 N–H and O–H groups in total. The number of ether oxygens (including phenoxy) is 1. The van der Waals surface area contributed by atoms with Gasteiger partial charge in [-0.2, -0.15) is 0 Å². The van der Waals surface area contributed by atoms with Crippen LogP contribution in [0.25, 0.3) is 0 Å². The summed E-state index contributed by atoms with van der Waals surface area (Å²) >= 11 is 5.83. The van der Waals surface area contributed by atoms with Gasteiger partial charge in [-0.1, -0.05) is 41.9 Å². The van der Waals surface area contributed by atoms with Gasteiger partial charge in [0.25, 0.3) is 5.91 Å². The average molecular weight is 395 g/mol. The van der Waals surface area contributed by atoms with Crippen molar-refractivity contribution in [3.8, 4) is 0 Å². The summed E-state index contributed by atoms with van der Waals surface area (Å²) in [6.07, 6.45) is -0.965. The fourth-order valence-electron chi connectivity index (χ4n) is 2.50. The van der Waals surface area contributed by atoms with Crippen molar-refractivity contribution in [3.05, 3.63) is 89.4 Å². The van der Waals surface area contributed by atoms with Gasteiger partial charge in [-0.15, -0.1) is 0 Å². The van der Waals surface area contributed by atoms with Crippen LogP contribution >= 0.6 is 11.6 Å². The Morgan fingerprint density at radius 1 is 0.857 bits per heavy atom. The molecule has 0 bridgehead atoms. The topological polar surface area (TPSA) is 67.4 Å². The number of carbonyl (C=O) groups is 2. The van der Waals surface area contributed by atoms with Crippen molar-refractivity contribution in [2.75, 3.05) is 10.6 Å². The SMILES string of the molecule is C[C@H](OC(=O)c1ccccc1Nc1ccccc1)C(=O)Nc1ccc(Cl)cc1. The van der Waals surface area contributed by atoms with Crippen molar-refractivity contribution in [2.24, 2.45) is 0 Å². The van der Waals surface area contributed by atoms with Crippen LogP contribution in [0.3, 0.4) is 0 Å². The van der Waals surface area contributed by atoms with Crippen LogP contribution in [0.2, 0.25) is 5.02 Å². The first-order chi connectivity index (χ1) is 13.5. The van der Waals surface area contributed by atoms with E-state index >= 15 is 0 Å². The Morgan fingerprint density at radius 2 is 1.50 bits per heavy atom. The first kappa shape index (κ1) is 19.5. The fraction of sp³-hybridized carbons (Fsp3) is 0.0909. The molecule has 3 aromatic carbocycles. The Labute approximate surface area is 168 Å². The van der Waals surface area contributed by atoms with Crippen LogP contribution in [0.15, 0.2) is 78.9 Å². The summed E-state index contributed by atoms with van der Waals surface area (Å²) in [5.41, 5.74) is 2.36. The van der Waals surface area contributed by atoms with Gasteiger partial charge in [0.2, 0.25) is 0 Å². The van der Waals surface area contributed by atoms with Gasteiger partial charge in [0.1, 0.15) is 0 Å². The van der Waals surface area contributed by atoms with Gasteiger partial charge in [-0.05, 0) is 55.5 Å². The van der Waals surface area contributed by atoms with Gasteiger partial charge >= 0.3 is 5.97 Å². The van der Waals surface area contributed by atoms with E-state index in [1.54, 1.807) is 42.5 Å². The highest BCUT2D eigenvalue weighted by atomic mass is 35.5. The van der Waals surface area contributed by atoms with E-state index < -0.39 is 18.0 Å². The maximum absolute atomic E-state index is 12.6. The van der Waals surface area contributed by atoms with Crippen LogP contribution in [-0.2, 0) is 9.53 Å². The van der Waals surface area contributed by atoms with Crippen LogP contribution in [0.4, 0.5) is 17.1 Å². The number of carbonyl (C=O) groups excluding carboxylic acids is 2. The normalized spacial score (nSPS) is 11.4. The van der Waals surface area contributed by atoms with Gasteiger partial charge in [0, 0.05) is 16.4 Å². The highest BCUT2D eigenvalue weighted by molar-refractivity contribution is 6.30. The van der Waals surface area contributed by atoms with Crippen LogP contribution in [0.5, 0.6) is 0 Å². The number of para-hydroxylation sites is 2. The lowest BCUT2D eigenvalue weighted by Crippen LogP contribution is -2.30. The van der Waals surface area contributed by atoms with Crippen molar-refractivity contribution < 1.29 is 14.3 Å². The minimum Gasteiger partial charge on any atom is -0.449 e. The predicted octanol–water partition coefficient (Wildman–Crippen LogP) is 5.27. The molecule has 0 spiro atoms. The summed E-state index contributed by atoms with van der Waals surface area (Å²) < 4.78 is 5.36. The smallest absolute Gasteiger partial charge is 0.341 e. The maximum atomic E-state index is 12.6. The van der Waals surface area contributed by atoms with Crippen LogP contribution in [0, 0.1) is 0 Å². The third-order valence-electron chi connectivity index (χ3n) is 3.96. The molecule has 6 heteroatoms.